The first-order valence-corrected chi connectivity index (χ1v) is 8.58. The highest BCUT2D eigenvalue weighted by Crippen LogP contribution is 2.38. The van der Waals surface area contributed by atoms with Crippen LogP contribution in [0.3, 0.4) is 0 Å². The van der Waals surface area contributed by atoms with E-state index in [0.29, 0.717) is 12.0 Å². The normalized spacial score (nSPS) is 21.0. The van der Waals surface area contributed by atoms with Crippen molar-refractivity contribution >= 4 is 0 Å². The van der Waals surface area contributed by atoms with Crippen LogP contribution in [0.25, 0.3) is 11.4 Å². The monoisotopic (exact) mass is 296 g/mol. The Hall–Kier alpha value is -1.68. The molecule has 0 amide bonds. The van der Waals surface area contributed by atoms with Crippen molar-refractivity contribution in [3.63, 3.8) is 0 Å². The molecule has 2 aliphatic rings. The molecule has 1 aliphatic carbocycles. The van der Waals surface area contributed by atoms with Crippen molar-refractivity contribution in [1.82, 2.24) is 20.1 Å². The summed E-state index contributed by atoms with van der Waals surface area (Å²) in [7, 11) is 0. The zero-order chi connectivity index (χ0) is 14.9. The van der Waals surface area contributed by atoms with E-state index in [2.05, 4.69) is 51.3 Å². The molecule has 0 spiro atoms. The van der Waals surface area contributed by atoms with Gasteiger partial charge in [-0.25, -0.2) is 4.98 Å². The number of aromatic nitrogens is 3. The highest BCUT2D eigenvalue weighted by molar-refractivity contribution is 5.55. The third-order valence-corrected chi connectivity index (χ3v) is 5.06. The summed E-state index contributed by atoms with van der Waals surface area (Å²) < 4.78 is 0. The number of hydrogen-bond acceptors (Lipinski definition) is 3. The molecule has 2 fully saturated rings. The van der Waals surface area contributed by atoms with Crippen LogP contribution in [0.2, 0.25) is 0 Å². The minimum atomic E-state index is 0.503. The number of nitrogens with zero attached hydrogens (tertiary/aromatic N) is 3. The van der Waals surface area contributed by atoms with E-state index in [9.17, 15) is 0 Å². The van der Waals surface area contributed by atoms with Crippen LogP contribution in [0.1, 0.15) is 62.4 Å². The van der Waals surface area contributed by atoms with Crippen molar-refractivity contribution < 1.29 is 0 Å². The molecular weight excluding hydrogens is 272 g/mol. The highest BCUT2D eigenvalue weighted by atomic mass is 15.2. The molecule has 116 valence electrons. The molecule has 1 aromatic carbocycles. The fourth-order valence-electron chi connectivity index (χ4n) is 3.37. The SMILES string of the molecule is C[C@@H](c1ccc(-c2n[nH]c(C3CC3)n2)cc1)N1CCCCC1. The van der Waals surface area contributed by atoms with Crippen LogP contribution in [0.4, 0.5) is 0 Å². The van der Waals surface area contributed by atoms with Crippen LogP contribution < -0.4 is 0 Å². The van der Waals surface area contributed by atoms with Crippen LogP contribution >= 0.6 is 0 Å². The van der Waals surface area contributed by atoms with Gasteiger partial charge < -0.3 is 0 Å². The first-order chi connectivity index (χ1) is 10.8. The molecule has 4 heteroatoms. The third kappa shape index (κ3) is 2.80. The predicted octanol–water partition coefficient (Wildman–Crippen LogP) is 3.90. The number of benzene rings is 1. The summed E-state index contributed by atoms with van der Waals surface area (Å²) in [6, 6.07) is 9.30. The summed E-state index contributed by atoms with van der Waals surface area (Å²) >= 11 is 0. The maximum Gasteiger partial charge on any atom is 0.181 e. The molecule has 2 heterocycles. The molecule has 4 nitrogen and oxygen atoms in total. The zero-order valence-corrected chi connectivity index (χ0v) is 13.3. The fraction of sp³-hybridized carbons (Fsp3) is 0.556. The number of likely N-dealkylation sites (tertiary alicyclic amines) is 1. The number of nitrogens with one attached hydrogen (secondary N) is 1. The second-order valence-electron chi connectivity index (χ2n) is 6.71. The van der Waals surface area contributed by atoms with Gasteiger partial charge in [-0.2, -0.15) is 5.10 Å². The topological polar surface area (TPSA) is 44.8 Å². The molecular formula is C18H24N4. The minimum Gasteiger partial charge on any atom is -0.297 e. The maximum atomic E-state index is 4.63. The molecule has 22 heavy (non-hydrogen) atoms. The van der Waals surface area contributed by atoms with Crippen molar-refractivity contribution in [3.05, 3.63) is 35.7 Å². The molecule has 1 atom stereocenters. The van der Waals surface area contributed by atoms with Gasteiger partial charge in [0.15, 0.2) is 5.82 Å². The Balaban J connectivity index is 1.49. The molecule has 1 saturated heterocycles. The Labute approximate surface area is 132 Å². The maximum absolute atomic E-state index is 4.63. The van der Waals surface area contributed by atoms with E-state index in [-0.39, 0.29) is 0 Å². The van der Waals surface area contributed by atoms with Gasteiger partial charge in [0, 0.05) is 17.5 Å². The van der Waals surface area contributed by atoms with Crippen LogP contribution in [-0.4, -0.2) is 33.2 Å². The molecule has 1 saturated carbocycles. The number of H-pyrrole nitrogens is 1. The first kappa shape index (κ1) is 13.9. The Morgan fingerprint density at radius 1 is 1.09 bits per heavy atom. The van der Waals surface area contributed by atoms with E-state index in [1.165, 1.54) is 50.8 Å². The lowest BCUT2D eigenvalue weighted by molar-refractivity contribution is 0.175. The van der Waals surface area contributed by atoms with Crippen molar-refractivity contribution in [2.24, 2.45) is 0 Å². The Morgan fingerprint density at radius 2 is 1.82 bits per heavy atom. The van der Waals surface area contributed by atoms with Crippen LogP contribution in [-0.2, 0) is 0 Å². The van der Waals surface area contributed by atoms with Crippen molar-refractivity contribution in [2.75, 3.05) is 13.1 Å². The number of rotatable bonds is 4. The summed E-state index contributed by atoms with van der Waals surface area (Å²) in [5, 5.41) is 7.45. The molecule has 1 aliphatic heterocycles. The average Bonchev–Trinajstić information content (AvgIpc) is 3.32. The lowest BCUT2D eigenvalue weighted by atomic mass is 10.0. The summed E-state index contributed by atoms with van der Waals surface area (Å²) in [6.45, 7) is 4.78. The van der Waals surface area contributed by atoms with Gasteiger partial charge in [0.1, 0.15) is 5.82 Å². The van der Waals surface area contributed by atoms with E-state index in [1.54, 1.807) is 0 Å². The molecule has 0 radical (unpaired) electrons. The number of aromatic amines is 1. The van der Waals surface area contributed by atoms with Gasteiger partial charge in [-0.1, -0.05) is 30.7 Å². The highest BCUT2D eigenvalue weighted by Gasteiger charge is 2.27. The van der Waals surface area contributed by atoms with Gasteiger partial charge >= 0.3 is 0 Å². The lowest BCUT2D eigenvalue weighted by Gasteiger charge is -2.32. The van der Waals surface area contributed by atoms with Crippen LogP contribution in [0.15, 0.2) is 24.3 Å². The van der Waals surface area contributed by atoms with Crippen LogP contribution in [0.5, 0.6) is 0 Å². The van der Waals surface area contributed by atoms with Crippen LogP contribution in [0, 0.1) is 0 Å². The summed E-state index contributed by atoms with van der Waals surface area (Å²) in [4.78, 5) is 7.22. The van der Waals surface area contributed by atoms with Gasteiger partial charge in [0.25, 0.3) is 0 Å². The van der Waals surface area contributed by atoms with Gasteiger partial charge in [-0.15, -0.1) is 0 Å². The number of hydrogen-bond donors (Lipinski definition) is 1. The van der Waals surface area contributed by atoms with Crippen molar-refractivity contribution in [2.45, 2.75) is 51.0 Å². The average molecular weight is 296 g/mol. The third-order valence-electron chi connectivity index (χ3n) is 5.06. The number of piperidine rings is 1. The largest absolute Gasteiger partial charge is 0.297 e. The van der Waals surface area contributed by atoms with E-state index >= 15 is 0 Å². The molecule has 1 aromatic heterocycles. The van der Waals surface area contributed by atoms with Crippen molar-refractivity contribution in [3.8, 4) is 11.4 Å². The van der Waals surface area contributed by atoms with Gasteiger partial charge in [-0.05, 0) is 51.3 Å². The molecule has 0 unspecified atom stereocenters. The molecule has 0 bridgehead atoms. The predicted molar refractivity (Wildman–Crippen MR) is 87.6 cm³/mol. The zero-order valence-electron chi connectivity index (χ0n) is 13.3. The Kier molecular flexibility index (Phi) is 3.70. The molecule has 2 aromatic rings. The second kappa shape index (κ2) is 5.84. The molecule has 1 N–H and O–H groups in total. The molecule has 4 rings (SSSR count). The second-order valence-corrected chi connectivity index (χ2v) is 6.71. The lowest BCUT2D eigenvalue weighted by Crippen LogP contribution is -2.32. The van der Waals surface area contributed by atoms with E-state index in [0.717, 1.165) is 17.2 Å². The van der Waals surface area contributed by atoms with E-state index in [4.69, 9.17) is 0 Å². The van der Waals surface area contributed by atoms with Gasteiger partial charge in [0.05, 0.1) is 0 Å². The summed E-state index contributed by atoms with van der Waals surface area (Å²) in [5.74, 6) is 2.51. The fourth-order valence-corrected chi connectivity index (χ4v) is 3.37. The Morgan fingerprint density at radius 3 is 2.50 bits per heavy atom. The van der Waals surface area contributed by atoms with E-state index < -0.39 is 0 Å². The smallest absolute Gasteiger partial charge is 0.181 e. The van der Waals surface area contributed by atoms with Gasteiger partial charge in [-0.3, -0.25) is 10.00 Å². The van der Waals surface area contributed by atoms with Crippen molar-refractivity contribution in [1.29, 1.82) is 0 Å². The summed E-state index contributed by atoms with van der Waals surface area (Å²) in [5.41, 5.74) is 2.50. The minimum absolute atomic E-state index is 0.503. The quantitative estimate of drug-likeness (QED) is 0.930. The summed E-state index contributed by atoms with van der Waals surface area (Å²) in [6.07, 6.45) is 6.56. The van der Waals surface area contributed by atoms with E-state index in [1.807, 2.05) is 0 Å². The Bertz CT molecular complexity index is 621. The standard InChI is InChI=1S/C18H24N4/c1-13(22-11-3-2-4-12-22)14-5-7-15(8-6-14)17-19-18(21-20-17)16-9-10-16/h5-8,13,16H,2-4,9-12H2,1H3,(H,19,20,21)/t13-/m0/s1. The first-order valence-electron chi connectivity index (χ1n) is 8.58. The van der Waals surface area contributed by atoms with Gasteiger partial charge in [0.2, 0.25) is 0 Å².